The summed E-state index contributed by atoms with van der Waals surface area (Å²) in [6, 6.07) is 4.89. The summed E-state index contributed by atoms with van der Waals surface area (Å²) in [7, 11) is 0. The van der Waals surface area contributed by atoms with Gasteiger partial charge >= 0.3 is 6.09 Å². The van der Waals surface area contributed by atoms with E-state index in [0.29, 0.717) is 31.5 Å². The Labute approximate surface area is 151 Å². The normalized spacial score (nSPS) is 18.8. The maximum Gasteiger partial charge on any atom is 0.407 e. The van der Waals surface area contributed by atoms with Crippen LogP contribution in [0.15, 0.2) is 23.4 Å². The molecule has 0 aliphatic carbocycles. The number of aliphatic hydroxyl groups is 1. The van der Waals surface area contributed by atoms with Crippen molar-refractivity contribution in [3.8, 4) is 0 Å². The van der Waals surface area contributed by atoms with Gasteiger partial charge in [0.1, 0.15) is 11.9 Å². The van der Waals surface area contributed by atoms with E-state index in [0.717, 1.165) is 37.3 Å². The van der Waals surface area contributed by atoms with Crippen LogP contribution >= 0.6 is 0 Å². The molecule has 1 amide bonds. The lowest BCUT2D eigenvalue weighted by Crippen LogP contribution is -2.40. The maximum absolute atomic E-state index is 13.8. The van der Waals surface area contributed by atoms with Gasteiger partial charge in [0.15, 0.2) is 0 Å². The minimum Gasteiger partial charge on any atom is -0.465 e. The predicted molar refractivity (Wildman–Crippen MR) is 94.9 cm³/mol. The zero-order chi connectivity index (χ0) is 18.5. The molecule has 2 heterocycles. The van der Waals surface area contributed by atoms with E-state index in [1.165, 1.54) is 11.0 Å². The zero-order valence-electron chi connectivity index (χ0n) is 14.6. The highest BCUT2D eigenvalue weighted by Gasteiger charge is 2.24. The van der Waals surface area contributed by atoms with Crippen LogP contribution in [0.25, 0.3) is 0 Å². The van der Waals surface area contributed by atoms with Gasteiger partial charge in [0.2, 0.25) is 0 Å². The van der Waals surface area contributed by atoms with Gasteiger partial charge in [-0.1, -0.05) is 11.2 Å². The van der Waals surface area contributed by atoms with Crippen LogP contribution in [0.1, 0.15) is 31.2 Å². The Bertz CT molecular complexity index is 664. The molecule has 2 aliphatic heterocycles. The first-order chi connectivity index (χ1) is 12.6. The van der Waals surface area contributed by atoms with Crippen molar-refractivity contribution in [1.29, 1.82) is 0 Å². The summed E-state index contributed by atoms with van der Waals surface area (Å²) in [6.45, 7) is 2.13. The second kappa shape index (κ2) is 8.35. The fraction of sp³-hybridized carbons (Fsp3) is 0.556. The van der Waals surface area contributed by atoms with Crippen molar-refractivity contribution in [3.05, 3.63) is 29.6 Å². The fourth-order valence-electron chi connectivity index (χ4n) is 3.28. The van der Waals surface area contributed by atoms with E-state index in [1.807, 2.05) is 6.07 Å². The number of oxime groups is 1. The van der Waals surface area contributed by atoms with Crippen LogP contribution < -0.4 is 4.90 Å². The molecule has 7 nitrogen and oxygen atoms in total. The smallest absolute Gasteiger partial charge is 0.407 e. The van der Waals surface area contributed by atoms with Gasteiger partial charge in [-0.3, -0.25) is 0 Å². The van der Waals surface area contributed by atoms with Crippen molar-refractivity contribution in [2.45, 2.75) is 38.4 Å². The monoisotopic (exact) mass is 365 g/mol. The van der Waals surface area contributed by atoms with Gasteiger partial charge in [-0.15, -0.1) is 0 Å². The summed E-state index contributed by atoms with van der Waals surface area (Å²) in [5.74, 6) is -0.388. The molecular weight excluding hydrogens is 341 g/mol. The van der Waals surface area contributed by atoms with Crippen molar-refractivity contribution in [2.24, 2.45) is 5.16 Å². The molecule has 0 radical (unpaired) electrons. The molecule has 26 heavy (non-hydrogen) atoms. The molecule has 8 heteroatoms. The molecule has 0 aromatic heterocycles. The summed E-state index contributed by atoms with van der Waals surface area (Å²) in [6.07, 6.45) is 1.90. The Morgan fingerprint density at radius 2 is 1.92 bits per heavy atom. The van der Waals surface area contributed by atoms with E-state index in [9.17, 15) is 9.18 Å². The number of nitrogens with zero attached hydrogens (tertiary/aromatic N) is 3. The van der Waals surface area contributed by atoms with E-state index in [2.05, 4.69) is 10.1 Å². The number of aliphatic hydroxyl groups excluding tert-OH is 1. The van der Waals surface area contributed by atoms with E-state index in [4.69, 9.17) is 15.1 Å². The number of hydrogen-bond donors (Lipinski definition) is 2. The number of benzene rings is 1. The summed E-state index contributed by atoms with van der Waals surface area (Å²) in [5.41, 5.74) is 2.09. The van der Waals surface area contributed by atoms with E-state index in [1.54, 1.807) is 6.07 Å². The van der Waals surface area contributed by atoms with Gasteiger partial charge in [-0.05, 0) is 12.1 Å². The highest BCUT2D eigenvalue weighted by Crippen LogP contribution is 2.22. The van der Waals surface area contributed by atoms with Gasteiger partial charge in [0, 0.05) is 63.1 Å². The standard InChI is InChI=1S/C18H24FN3O4/c19-17-11-15(2-1-13(17)12-23)21-7-3-14(4-8-21)20-26-16-5-9-22(10-6-16)18(24)25/h1-2,11,16,23H,3-10,12H2,(H,24,25). The Balaban J connectivity index is 1.47. The van der Waals surface area contributed by atoms with Crippen molar-refractivity contribution in [2.75, 3.05) is 31.1 Å². The topological polar surface area (TPSA) is 85.6 Å². The van der Waals surface area contributed by atoms with Crippen LogP contribution in [0.5, 0.6) is 0 Å². The number of hydrogen-bond acceptors (Lipinski definition) is 5. The number of rotatable bonds is 4. The van der Waals surface area contributed by atoms with Gasteiger partial charge < -0.3 is 24.9 Å². The highest BCUT2D eigenvalue weighted by atomic mass is 19.1. The number of amides is 1. The molecule has 2 aliphatic rings. The Hall–Kier alpha value is -2.35. The van der Waals surface area contributed by atoms with Crippen molar-refractivity contribution in [3.63, 3.8) is 0 Å². The van der Waals surface area contributed by atoms with Gasteiger partial charge in [0.05, 0.1) is 12.3 Å². The number of likely N-dealkylation sites (tertiary alicyclic amines) is 1. The summed E-state index contributed by atoms with van der Waals surface area (Å²) in [5, 5.41) is 22.3. The molecule has 1 aromatic rings. The van der Waals surface area contributed by atoms with Gasteiger partial charge in [0.25, 0.3) is 0 Å². The number of piperidine rings is 2. The summed E-state index contributed by atoms with van der Waals surface area (Å²) >= 11 is 0. The predicted octanol–water partition coefficient (Wildman–Crippen LogP) is 2.43. The number of halogens is 1. The van der Waals surface area contributed by atoms with Crippen molar-refractivity contribution >= 4 is 17.5 Å². The summed E-state index contributed by atoms with van der Waals surface area (Å²) in [4.78, 5) is 20.0. The lowest BCUT2D eigenvalue weighted by atomic mass is 10.1. The van der Waals surface area contributed by atoms with Crippen LogP contribution in [0.3, 0.4) is 0 Å². The first-order valence-corrected chi connectivity index (χ1v) is 8.90. The average Bonchev–Trinajstić information content (AvgIpc) is 2.67. The first-order valence-electron chi connectivity index (χ1n) is 8.90. The van der Waals surface area contributed by atoms with Crippen molar-refractivity contribution in [1.82, 2.24) is 4.90 Å². The Morgan fingerprint density at radius 3 is 2.50 bits per heavy atom. The maximum atomic E-state index is 13.8. The second-order valence-electron chi connectivity index (χ2n) is 6.65. The third-order valence-corrected chi connectivity index (χ3v) is 4.96. The zero-order valence-corrected chi connectivity index (χ0v) is 14.6. The molecule has 3 rings (SSSR count). The largest absolute Gasteiger partial charge is 0.465 e. The molecule has 2 N–H and O–H groups in total. The fourth-order valence-corrected chi connectivity index (χ4v) is 3.28. The van der Waals surface area contributed by atoms with Crippen LogP contribution in [0.4, 0.5) is 14.9 Å². The minimum atomic E-state index is -0.884. The third kappa shape index (κ3) is 4.43. The lowest BCUT2D eigenvalue weighted by Gasteiger charge is -2.31. The van der Waals surface area contributed by atoms with Crippen LogP contribution in [0.2, 0.25) is 0 Å². The van der Waals surface area contributed by atoms with Crippen LogP contribution in [-0.4, -0.2) is 59.2 Å². The molecule has 0 unspecified atom stereocenters. The molecule has 0 saturated carbocycles. The molecule has 142 valence electrons. The molecule has 0 atom stereocenters. The Morgan fingerprint density at radius 1 is 1.23 bits per heavy atom. The summed E-state index contributed by atoms with van der Waals surface area (Å²) < 4.78 is 13.8. The van der Waals surface area contributed by atoms with Crippen molar-refractivity contribution < 1.29 is 24.2 Å². The number of anilines is 1. The molecular formula is C18H24FN3O4. The molecule has 0 bridgehead atoms. The minimum absolute atomic E-state index is 0.0312. The molecule has 2 saturated heterocycles. The van der Waals surface area contributed by atoms with Gasteiger partial charge in [-0.25, -0.2) is 9.18 Å². The number of carboxylic acid groups (broad SMARTS) is 1. The lowest BCUT2D eigenvalue weighted by molar-refractivity contribution is 0.0127. The average molecular weight is 365 g/mol. The van der Waals surface area contributed by atoms with Gasteiger partial charge in [-0.2, -0.15) is 0 Å². The molecule has 1 aromatic carbocycles. The number of carbonyl (C=O) groups is 1. The second-order valence-corrected chi connectivity index (χ2v) is 6.65. The van der Waals surface area contributed by atoms with Crippen LogP contribution in [-0.2, 0) is 11.4 Å². The first kappa shape index (κ1) is 18.4. The Kier molecular flexibility index (Phi) is 5.92. The SMILES string of the molecule is O=C(O)N1CCC(ON=C2CCN(c3ccc(CO)c(F)c3)CC2)CC1. The van der Waals surface area contributed by atoms with E-state index in [-0.39, 0.29) is 18.5 Å². The molecule has 2 fully saturated rings. The molecule has 0 spiro atoms. The highest BCUT2D eigenvalue weighted by molar-refractivity contribution is 5.86. The third-order valence-electron chi connectivity index (χ3n) is 4.96. The van der Waals surface area contributed by atoms with E-state index < -0.39 is 6.09 Å². The van der Waals surface area contributed by atoms with E-state index >= 15 is 0 Å². The van der Waals surface area contributed by atoms with Crippen LogP contribution in [0, 0.1) is 5.82 Å². The quantitative estimate of drug-likeness (QED) is 0.801.